The zero-order valence-corrected chi connectivity index (χ0v) is 7.23. The summed E-state index contributed by atoms with van der Waals surface area (Å²) in [5, 5.41) is 2.43. The van der Waals surface area contributed by atoms with Gasteiger partial charge in [-0.25, -0.2) is 4.79 Å². The van der Waals surface area contributed by atoms with E-state index in [4.69, 9.17) is 0 Å². The van der Waals surface area contributed by atoms with Crippen molar-refractivity contribution >= 4 is 6.09 Å². The van der Waals surface area contributed by atoms with Crippen LogP contribution >= 0.6 is 0 Å². The van der Waals surface area contributed by atoms with Crippen molar-refractivity contribution in [3.8, 4) is 0 Å². The lowest BCUT2D eigenvalue weighted by Gasteiger charge is -1.95. The standard InChI is InChI=1S/C4H9NO2.C3H8/c1-3-5-4(6)7-2;1-3-2/h3H2,1-2H3,(H,5,6);3H2,1-2H3. The number of methoxy groups -OCH3 is 1. The molecule has 1 N–H and O–H groups in total. The van der Waals surface area contributed by atoms with Gasteiger partial charge in [-0.05, 0) is 6.92 Å². The van der Waals surface area contributed by atoms with Crippen LogP contribution in [0.25, 0.3) is 0 Å². The largest absolute Gasteiger partial charge is 0.453 e. The summed E-state index contributed by atoms with van der Waals surface area (Å²) in [6, 6.07) is 0. The molecule has 10 heavy (non-hydrogen) atoms. The van der Waals surface area contributed by atoms with Crippen LogP contribution in [-0.4, -0.2) is 19.7 Å². The van der Waals surface area contributed by atoms with Crippen LogP contribution in [0.4, 0.5) is 4.79 Å². The summed E-state index contributed by atoms with van der Waals surface area (Å²) in [6.45, 7) is 6.70. The van der Waals surface area contributed by atoms with Crippen LogP contribution in [0.1, 0.15) is 27.2 Å². The second-order valence-electron chi connectivity index (χ2n) is 1.73. The van der Waals surface area contributed by atoms with Crippen LogP contribution in [-0.2, 0) is 4.74 Å². The van der Waals surface area contributed by atoms with Crippen molar-refractivity contribution in [2.75, 3.05) is 13.7 Å². The molecule has 0 rings (SSSR count). The van der Waals surface area contributed by atoms with Gasteiger partial charge in [0.25, 0.3) is 0 Å². The second-order valence-corrected chi connectivity index (χ2v) is 1.73. The number of carbonyl (C=O) groups excluding carboxylic acids is 1. The van der Waals surface area contributed by atoms with E-state index in [1.165, 1.54) is 13.5 Å². The van der Waals surface area contributed by atoms with Gasteiger partial charge in [0.05, 0.1) is 7.11 Å². The van der Waals surface area contributed by atoms with Gasteiger partial charge in [-0.1, -0.05) is 20.3 Å². The predicted molar refractivity (Wildman–Crippen MR) is 42.0 cm³/mol. The molecule has 0 spiro atoms. The normalized spacial score (nSPS) is 7.20. The fourth-order valence-corrected chi connectivity index (χ4v) is 0.217. The lowest BCUT2D eigenvalue weighted by Crippen LogP contribution is -2.21. The highest BCUT2D eigenvalue weighted by molar-refractivity contribution is 5.66. The van der Waals surface area contributed by atoms with Crippen molar-refractivity contribution in [3.05, 3.63) is 0 Å². The number of amides is 1. The van der Waals surface area contributed by atoms with Gasteiger partial charge in [-0.3, -0.25) is 0 Å². The maximum absolute atomic E-state index is 10.1. The molecule has 0 aliphatic carbocycles. The molecule has 0 fully saturated rings. The van der Waals surface area contributed by atoms with Gasteiger partial charge in [0, 0.05) is 6.54 Å². The summed E-state index contributed by atoms with van der Waals surface area (Å²) >= 11 is 0. The number of nitrogens with one attached hydrogen (secondary N) is 1. The first-order valence-corrected chi connectivity index (χ1v) is 3.54. The summed E-state index contributed by atoms with van der Waals surface area (Å²) in [6.07, 6.45) is 0.877. The third kappa shape index (κ3) is 15.7. The highest BCUT2D eigenvalue weighted by atomic mass is 16.5. The smallest absolute Gasteiger partial charge is 0.406 e. The summed E-state index contributed by atoms with van der Waals surface area (Å²) in [7, 11) is 1.34. The van der Waals surface area contributed by atoms with Crippen LogP contribution in [0.15, 0.2) is 0 Å². The van der Waals surface area contributed by atoms with Gasteiger partial charge in [0.1, 0.15) is 0 Å². The number of hydrogen-bond acceptors (Lipinski definition) is 2. The molecule has 0 aromatic heterocycles. The summed E-state index contributed by atoms with van der Waals surface area (Å²) in [5.41, 5.74) is 0. The Labute approximate surface area is 62.8 Å². The van der Waals surface area contributed by atoms with E-state index in [1.54, 1.807) is 0 Å². The first-order chi connectivity index (χ1) is 4.72. The fourth-order valence-electron chi connectivity index (χ4n) is 0.217. The Morgan fingerprint density at radius 1 is 1.40 bits per heavy atom. The van der Waals surface area contributed by atoms with Crippen molar-refractivity contribution in [2.24, 2.45) is 0 Å². The lowest BCUT2D eigenvalue weighted by molar-refractivity contribution is 0.171. The zero-order valence-electron chi connectivity index (χ0n) is 7.23. The van der Waals surface area contributed by atoms with Crippen LogP contribution in [0.2, 0.25) is 0 Å². The van der Waals surface area contributed by atoms with E-state index >= 15 is 0 Å². The van der Waals surface area contributed by atoms with Gasteiger partial charge in [-0.2, -0.15) is 0 Å². The van der Waals surface area contributed by atoms with E-state index in [2.05, 4.69) is 23.9 Å². The predicted octanol–water partition coefficient (Wildman–Crippen LogP) is 1.78. The molecule has 0 aliphatic rings. The lowest BCUT2D eigenvalue weighted by atomic mass is 10.6. The minimum absolute atomic E-state index is 0.373. The monoisotopic (exact) mass is 147 g/mol. The molecule has 0 saturated carbocycles. The molecular weight excluding hydrogens is 130 g/mol. The molecular formula is C7H17NO2. The Balaban J connectivity index is 0. The highest BCUT2D eigenvalue weighted by Crippen LogP contribution is 1.66. The zero-order chi connectivity index (χ0) is 8.41. The SMILES string of the molecule is CCC.CCNC(=O)OC. The number of hydrogen-bond donors (Lipinski definition) is 1. The molecule has 0 atom stereocenters. The van der Waals surface area contributed by atoms with Crippen molar-refractivity contribution in [1.29, 1.82) is 0 Å². The van der Waals surface area contributed by atoms with E-state index in [0.29, 0.717) is 6.54 Å². The molecule has 0 unspecified atom stereocenters. The first-order valence-electron chi connectivity index (χ1n) is 3.54. The van der Waals surface area contributed by atoms with Crippen LogP contribution in [0.3, 0.4) is 0 Å². The third-order valence-corrected chi connectivity index (χ3v) is 0.507. The van der Waals surface area contributed by atoms with Gasteiger partial charge in [0.2, 0.25) is 0 Å². The van der Waals surface area contributed by atoms with Crippen LogP contribution in [0, 0.1) is 0 Å². The van der Waals surface area contributed by atoms with Gasteiger partial charge in [-0.15, -0.1) is 0 Å². The number of rotatable bonds is 1. The second kappa shape index (κ2) is 11.1. The Kier molecular flexibility index (Phi) is 13.3. The average molecular weight is 147 g/mol. The van der Waals surface area contributed by atoms with Crippen molar-refractivity contribution in [2.45, 2.75) is 27.2 Å². The number of carbonyl (C=O) groups is 1. The van der Waals surface area contributed by atoms with E-state index < -0.39 is 0 Å². The topological polar surface area (TPSA) is 38.3 Å². The quantitative estimate of drug-likeness (QED) is 0.614. The molecule has 0 saturated heterocycles. The molecule has 3 heteroatoms. The molecule has 0 aromatic rings. The molecule has 1 amide bonds. The van der Waals surface area contributed by atoms with Crippen LogP contribution < -0.4 is 5.32 Å². The molecule has 0 heterocycles. The molecule has 0 bridgehead atoms. The van der Waals surface area contributed by atoms with Gasteiger partial charge in [0.15, 0.2) is 0 Å². The summed E-state index contributed by atoms with van der Waals surface area (Å²) < 4.78 is 4.24. The van der Waals surface area contributed by atoms with Crippen molar-refractivity contribution < 1.29 is 9.53 Å². The fraction of sp³-hybridized carbons (Fsp3) is 0.857. The molecule has 3 nitrogen and oxygen atoms in total. The average Bonchev–Trinajstić information content (AvgIpc) is 1.90. The summed E-state index contributed by atoms with van der Waals surface area (Å²) in [5.74, 6) is 0. The van der Waals surface area contributed by atoms with Gasteiger partial charge >= 0.3 is 6.09 Å². The highest BCUT2D eigenvalue weighted by Gasteiger charge is 1.89. The van der Waals surface area contributed by atoms with E-state index in [0.717, 1.165) is 0 Å². The maximum Gasteiger partial charge on any atom is 0.406 e. The molecule has 0 aliphatic heterocycles. The number of alkyl carbamates (subject to hydrolysis) is 1. The maximum atomic E-state index is 10.1. The van der Waals surface area contributed by atoms with Crippen molar-refractivity contribution in [3.63, 3.8) is 0 Å². The Bertz CT molecular complexity index is 74.0. The molecule has 62 valence electrons. The minimum atomic E-state index is -0.373. The van der Waals surface area contributed by atoms with E-state index in [9.17, 15) is 4.79 Å². The van der Waals surface area contributed by atoms with E-state index in [1.807, 2.05) is 6.92 Å². The van der Waals surface area contributed by atoms with Crippen LogP contribution in [0.5, 0.6) is 0 Å². The van der Waals surface area contributed by atoms with Crippen molar-refractivity contribution in [1.82, 2.24) is 5.32 Å². The third-order valence-electron chi connectivity index (χ3n) is 0.507. The Morgan fingerprint density at radius 2 is 1.80 bits per heavy atom. The molecule has 0 aromatic carbocycles. The first kappa shape index (κ1) is 12.0. The number of ether oxygens (including phenoxy) is 1. The summed E-state index contributed by atoms with van der Waals surface area (Å²) in [4.78, 5) is 10.1. The van der Waals surface area contributed by atoms with Gasteiger partial charge < -0.3 is 10.1 Å². The molecule has 0 radical (unpaired) electrons. The Hall–Kier alpha value is -0.730. The minimum Gasteiger partial charge on any atom is -0.453 e. The van der Waals surface area contributed by atoms with E-state index in [-0.39, 0.29) is 6.09 Å². The Morgan fingerprint density at radius 3 is 1.90 bits per heavy atom.